The lowest BCUT2D eigenvalue weighted by molar-refractivity contribution is -0.151. The third-order valence-electron chi connectivity index (χ3n) is 4.31. The molecule has 0 radical (unpaired) electrons. The Balaban J connectivity index is 2.95. The van der Waals surface area contributed by atoms with E-state index in [9.17, 15) is 9.90 Å². The van der Waals surface area contributed by atoms with Crippen LogP contribution in [0.25, 0.3) is 0 Å². The summed E-state index contributed by atoms with van der Waals surface area (Å²) in [7, 11) is 3.22. The molecule has 0 saturated heterocycles. The molecule has 0 atom stereocenters. The summed E-state index contributed by atoms with van der Waals surface area (Å²) >= 11 is 0. The number of aliphatic carboxylic acids is 1. The fourth-order valence-corrected chi connectivity index (χ4v) is 1.82. The van der Waals surface area contributed by atoms with Gasteiger partial charge < -0.3 is 19.9 Å². The second kappa shape index (κ2) is 6.35. The van der Waals surface area contributed by atoms with Gasteiger partial charge in [0.1, 0.15) is 11.5 Å². The Hall–Kier alpha value is -1.75. The minimum Gasteiger partial charge on any atom is -0.497 e. The largest absolute Gasteiger partial charge is 0.497 e. The number of carbonyl (C=O) groups is 1. The van der Waals surface area contributed by atoms with Gasteiger partial charge in [-0.05, 0) is 45.9 Å². The number of rotatable bonds is 7. The van der Waals surface area contributed by atoms with E-state index in [2.05, 4.69) is 5.32 Å². The van der Waals surface area contributed by atoms with Crippen LogP contribution in [0.3, 0.4) is 0 Å². The number of carboxylic acid groups (broad SMARTS) is 1. The molecule has 1 aromatic rings. The molecule has 5 nitrogen and oxygen atoms in total. The van der Waals surface area contributed by atoms with E-state index < -0.39 is 16.9 Å². The van der Waals surface area contributed by atoms with Crippen LogP contribution in [0.2, 0.25) is 0 Å². The zero-order valence-corrected chi connectivity index (χ0v) is 13.6. The molecule has 5 heteroatoms. The van der Waals surface area contributed by atoms with E-state index in [4.69, 9.17) is 9.47 Å². The number of carboxylic acids is 1. The van der Waals surface area contributed by atoms with Gasteiger partial charge >= 0.3 is 5.97 Å². The highest BCUT2D eigenvalue weighted by Gasteiger charge is 2.43. The maximum absolute atomic E-state index is 11.4. The molecule has 21 heavy (non-hydrogen) atoms. The second-order valence-corrected chi connectivity index (χ2v) is 6.09. The van der Waals surface area contributed by atoms with Crippen molar-refractivity contribution in [1.82, 2.24) is 5.32 Å². The van der Waals surface area contributed by atoms with Gasteiger partial charge in [-0.1, -0.05) is 0 Å². The smallest absolute Gasteiger partial charge is 0.310 e. The first-order valence-electron chi connectivity index (χ1n) is 6.85. The van der Waals surface area contributed by atoms with E-state index in [0.717, 1.165) is 17.1 Å². The summed E-state index contributed by atoms with van der Waals surface area (Å²) in [6.45, 7) is 7.68. The van der Waals surface area contributed by atoms with Crippen molar-refractivity contribution in [3.63, 3.8) is 0 Å². The van der Waals surface area contributed by atoms with Gasteiger partial charge in [-0.3, -0.25) is 4.79 Å². The van der Waals surface area contributed by atoms with Crippen molar-refractivity contribution < 1.29 is 19.4 Å². The molecular weight excluding hydrogens is 270 g/mol. The zero-order valence-electron chi connectivity index (χ0n) is 13.6. The zero-order chi connectivity index (χ0) is 16.3. The SMILES string of the molecule is COc1ccc(OC)c(CNC(C)(C)C(C)(C)C(=O)O)c1. The third kappa shape index (κ3) is 3.67. The highest BCUT2D eigenvalue weighted by molar-refractivity contribution is 5.75. The van der Waals surface area contributed by atoms with Gasteiger partial charge in [0.05, 0.1) is 19.6 Å². The monoisotopic (exact) mass is 295 g/mol. The van der Waals surface area contributed by atoms with Crippen LogP contribution in [0.1, 0.15) is 33.3 Å². The lowest BCUT2D eigenvalue weighted by atomic mass is 9.74. The Morgan fingerprint density at radius 1 is 1.19 bits per heavy atom. The first-order chi connectivity index (χ1) is 9.65. The van der Waals surface area contributed by atoms with Crippen LogP contribution in [0.15, 0.2) is 18.2 Å². The molecule has 0 aliphatic carbocycles. The van der Waals surface area contributed by atoms with Crippen molar-refractivity contribution in [2.45, 2.75) is 39.8 Å². The summed E-state index contributed by atoms with van der Waals surface area (Å²) in [6, 6.07) is 5.55. The standard InChI is InChI=1S/C16H25NO4/c1-15(2,14(18)19)16(3,4)17-10-11-9-12(20-5)7-8-13(11)21-6/h7-9,17H,10H2,1-6H3,(H,18,19). The van der Waals surface area contributed by atoms with Crippen LogP contribution in [0.5, 0.6) is 11.5 Å². The van der Waals surface area contributed by atoms with Crippen LogP contribution in [0, 0.1) is 5.41 Å². The normalized spacial score (nSPS) is 12.1. The maximum atomic E-state index is 11.4. The van der Waals surface area contributed by atoms with Crippen molar-refractivity contribution in [1.29, 1.82) is 0 Å². The lowest BCUT2D eigenvalue weighted by Gasteiger charge is -2.39. The molecule has 0 amide bonds. The molecule has 0 fully saturated rings. The maximum Gasteiger partial charge on any atom is 0.310 e. The Kier molecular flexibility index (Phi) is 5.23. The molecule has 0 unspecified atom stereocenters. The molecule has 0 saturated carbocycles. The predicted octanol–water partition coefficient (Wildman–Crippen LogP) is 2.68. The summed E-state index contributed by atoms with van der Waals surface area (Å²) in [5, 5.41) is 12.7. The summed E-state index contributed by atoms with van der Waals surface area (Å²) in [4.78, 5) is 11.4. The number of ether oxygens (including phenoxy) is 2. The Bertz CT molecular complexity index is 509. The van der Waals surface area contributed by atoms with Gasteiger partial charge in [-0.25, -0.2) is 0 Å². The van der Waals surface area contributed by atoms with E-state index in [0.29, 0.717) is 6.54 Å². The summed E-state index contributed by atoms with van der Waals surface area (Å²) in [5.74, 6) is 0.646. The predicted molar refractivity (Wildman–Crippen MR) is 81.9 cm³/mol. The molecule has 0 aromatic heterocycles. The molecule has 0 heterocycles. The van der Waals surface area contributed by atoms with Crippen molar-refractivity contribution in [2.75, 3.05) is 14.2 Å². The summed E-state index contributed by atoms with van der Waals surface area (Å²) < 4.78 is 10.5. The highest BCUT2D eigenvalue weighted by Crippen LogP contribution is 2.32. The molecule has 0 bridgehead atoms. The van der Waals surface area contributed by atoms with Crippen LogP contribution >= 0.6 is 0 Å². The van der Waals surface area contributed by atoms with E-state index in [1.54, 1.807) is 28.1 Å². The Labute approximate surface area is 126 Å². The topological polar surface area (TPSA) is 67.8 Å². The molecular formula is C16H25NO4. The van der Waals surface area contributed by atoms with Crippen molar-refractivity contribution in [3.8, 4) is 11.5 Å². The molecule has 1 rings (SSSR count). The number of hydrogen-bond acceptors (Lipinski definition) is 4. The van der Waals surface area contributed by atoms with Crippen molar-refractivity contribution in [2.24, 2.45) is 5.41 Å². The molecule has 118 valence electrons. The lowest BCUT2D eigenvalue weighted by Crippen LogP contribution is -2.54. The average Bonchev–Trinajstić information content (AvgIpc) is 2.44. The minimum absolute atomic E-state index is 0.490. The first kappa shape index (κ1) is 17.3. The number of benzene rings is 1. The summed E-state index contributed by atoms with van der Waals surface area (Å²) in [6.07, 6.45) is 0. The van der Waals surface area contributed by atoms with Gasteiger partial charge in [0.2, 0.25) is 0 Å². The van der Waals surface area contributed by atoms with E-state index >= 15 is 0 Å². The van der Waals surface area contributed by atoms with Crippen LogP contribution in [-0.2, 0) is 11.3 Å². The third-order valence-corrected chi connectivity index (χ3v) is 4.31. The van der Waals surface area contributed by atoms with Crippen LogP contribution in [0.4, 0.5) is 0 Å². The molecule has 0 aliphatic heterocycles. The van der Waals surface area contributed by atoms with Gasteiger partial charge in [-0.15, -0.1) is 0 Å². The van der Waals surface area contributed by atoms with Crippen LogP contribution < -0.4 is 14.8 Å². The van der Waals surface area contributed by atoms with E-state index in [1.165, 1.54) is 0 Å². The van der Waals surface area contributed by atoms with Gasteiger partial charge in [-0.2, -0.15) is 0 Å². The minimum atomic E-state index is -0.904. The second-order valence-electron chi connectivity index (χ2n) is 6.09. The van der Waals surface area contributed by atoms with Crippen LogP contribution in [-0.4, -0.2) is 30.8 Å². The van der Waals surface area contributed by atoms with E-state index in [-0.39, 0.29) is 0 Å². The summed E-state index contributed by atoms with van der Waals surface area (Å²) in [5.41, 5.74) is -0.572. The Morgan fingerprint density at radius 3 is 2.29 bits per heavy atom. The number of methoxy groups -OCH3 is 2. The van der Waals surface area contributed by atoms with Gasteiger partial charge in [0.15, 0.2) is 0 Å². The molecule has 2 N–H and O–H groups in total. The highest BCUT2D eigenvalue weighted by atomic mass is 16.5. The Morgan fingerprint density at radius 2 is 1.81 bits per heavy atom. The molecule has 0 aliphatic rings. The number of hydrogen-bond donors (Lipinski definition) is 2. The molecule has 0 spiro atoms. The van der Waals surface area contributed by atoms with Gasteiger partial charge in [0.25, 0.3) is 0 Å². The average molecular weight is 295 g/mol. The first-order valence-corrected chi connectivity index (χ1v) is 6.85. The van der Waals surface area contributed by atoms with Gasteiger partial charge in [0, 0.05) is 17.6 Å². The van der Waals surface area contributed by atoms with Crippen molar-refractivity contribution in [3.05, 3.63) is 23.8 Å². The molecule has 1 aromatic carbocycles. The number of nitrogens with one attached hydrogen (secondary N) is 1. The van der Waals surface area contributed by atoms with Crippen molar-refractivity contribution >= 4 is 5.97 Å². The van der Waals surface area contributed by atoms with E-state index in [1.807, 2.05) is 32.0 Å². The fraction of sp³-hybridized carbons (Fsp3) is 0.562. The quantitative estimate of drug-likeness (QED) is 0.809. The fourth-order valence-electron chi connectivity index (χ4n) is 1.82.